The minimum atomic E-state index is 0.196. The molecule has 4 nitrogen and oxygen atoms in total. The molecule has 1 fully saturated rings. The Balaban J connectivity index is 1.52. The van der Waals surface area contributed by atoms with Gasteiger partial charge in [0.2, 0.25) is 5.91 Å². The number of carbonyl (C=O) groups is 1. The molecular weight excluding hydrogens is 344 g/mol. The quantitative estimate of drug-likeness (QED) is 0.709. The minimum Gasteiger partial charge on any atom is -0.497 e. The SMILES string of the molecule is COc1ccc(CN(C(=O)CSCc2ccc(C#N)cc2)C2CC2)cc1. The van der Waals surface area contributed by atoms with Gasteiger partial charge in [0.15, 0.2) is 0 Å². The van der Waals surface area contributed by atoms with Crippen LogP contribution in [0.2, 0.25) is 0 Å². The lowest BCUT2D eigenvalue weighted by Crippen LogP contribution is -2.34. The molecule has 5 heteroatoms. The van der Waals surface area contributed by atoms with Crippen LogP contribution in [0.25, 0.3) is 0 Å². The molecule has 0 saturated heterocycles. The van der Waals surface area contributed by atoms with E-state index in [-0.39, 0.29) is 5.91 Å². The lowest BCUT2D eigenvalue weighted by atomic mass is 10.2. The molecule has 0 atom stereocenters. The molecule has 0 heterocycles. The summed E-state index contributed by atoms with van der Waals surface area (Å²) >= 11 is 1.62. The van der Waals surface area contributed by atoms with Crippen LogP contribution in [0.15, 0.2) is 48.5 Å². The third kappa shape index (κ3) is 5.03. The Morgan fingerprint density at radius 3 is 2.38 bits per heavy atom. The van der Waals surface area contributed by atoms with Crippen molar-refractivity contribution in [1.29, 1.82) is 5.26 Å². The lowest BCUT2D eigenvalue weighted by Gasteiger charge is -2.22. The van der Waals surface area contributed by atoms with Gasteiger partial charge in [-0.15, -0.1) is 11.8 Å². The van der Waals surface area contributed by atoms with E-state index >= 15 is 0 Å². The van der Waals surface area contributed by atoms with E-state index in [1.165, 1.54) is 0 Å². The van der Waals surface area contributed by atoms with Gasteiger partial charge in [0.1, 0.15) is 5.75 Å². The fourth-order valence-corrected chi connectivity index (χ4v) is 3.62. The van der Waals surface area contributed by atoms with E-state index in [1.54, 1.807) is 18.9 Å². The van der Waals surface area contributed by atoms with Gasteiger partial charge in [-0.1, -0.05) is 24.3 Å². The van der Waals surface area contributed by atoms with E-state index in [0.717, 1.165) is 35.5 Å². The van der Waals surface area contributed by atoms with Crippen molar-refractivity contribution in [2.45, 2.75) is 31.2 Å². The van der Waals surface area contributed by atoms with Crippen molar-refractivity contribution in [2.75, 3.05) is 12.9 Å². The predicted molar refractivity (Wildman–Crippen MR) is 104 cm³/mol. The maximum absolute atomic E-state index is 12.7. The van der Waals surface area contributed by atoms with Gasteiger partial charge >= 0.3 is 0 Å². The number of hydrogen-bond donors (Lipinski definition) is 0. The molecule has 1 aliphatic carbocycles. The zero-order valence-electron chi connectivity index (χ0n) is 14.9. The highest BCUT2D eigenvalue weighted by Gasteiger charge is 2.32. The molecule has 2 aromatic rings. The maximum atomic E-state index is 12.7. The standard InChI is InChI=1S/C21H22N2O2S/c1-25-20-10-6-17(7-11-20)13-23(19-8-9-19)21(24)15-26-14-18-4-2-16(12-22)3-5-18/h2-7,10-11,19H,8-9,13-15H2,1H3. The van der Waals surface area contributed by atoms with Gasteiger partial charge < -0.3 is 9.64 Å². The lowest BCUT2D eigenvalue weighted by molar-refractivity contribution is -0.129. The van der Waals surface area contributed by atoms with Crippen LogP contribution in [0.3, 0.4) is 0 Å². The largest absolute Gasteiger partial charge is 0.497 e. The molecule has 0 aromatic heterocycles. The van der Waals surface area contributed by atoms with Gasteiger partial charge in [0.05, 0.1) is 24.5 Å². The highest BCUT2D eigenvalue weighted by molar-refractivity contribution is 7.99. The Morgan fingerprint density at radius 2 is 1.81 bits per heavy atom. The first-order valence-corrected chi connectivity index (χ1v) is 9.84. The Labute approximate surface area is 158 Å². The Bertz CT molecular complexity index is 777. The molecule has 1 aliphatic rings. The minimum absolute atomic E-state index is 0.196. The fraction of sp³-hybridized carbons (Fsp3) is 0.333. The summed E-state index contributed by atoms with van der Waals surface area (Å²) in [5.41, 5.74) is 2.92. The predicted octanol–water partition coefficient (Wildman–Crippen LogP) is 3.99. The molecular formula is C21H22N2O2S. The Hall–Kier alpha value is -2.45. The average Bonchev–Trinajstić information content (AvgIpc) is 3.52. The van der Waals surface area contributed by atoms with Crippen molar-refractivity contribution in [2.24, 2.45) is 0 Å². The molecule has 0 spiro atoms. The van der Waals surface area contributed by atoms with Crippen molar-refractivity contribution < 1.29 is 9.53 Å². The van der Waals surface area contributed by atoms with Crippen molar-refractivity contribution in [1.82, 2.24) is 4.90 Å². The third-order valence-corrected chi connectivity index (χ3v) is 5.39. The van der Waals surface area contributed by atoms with E-state index in [2.05, 4.69) is 6.07 Å². The molecule has 134 valence electrons. The highest BCUT2D eigenvalue weighted by atomic mass is 32.2. The smallest absolute Gasteiger partial charge is 0.233 e. The summed E-state index contributed by atoms with van der Waals surface area (Å²) in [6.07, 6.45) is 2.20. The molecule has 26 heavy (non-hydrogen) atoms. The van der Waals surface area contributed by atoms with Crippen LogP contribution in [-0.4, -0.2) is 29.7 Å². The number of carbonyl (C=O) groups excluding carboxylic acids is 1. The molecule has 2 aromatic carbocycles. The molecule has 1 amide bonds. The first kappa shape index (κ1) is 18.3. The molecule has 0 unspecified atom stereocenters. The van der Waals surface area contributed by atoms with Crippen molar-refractivity contribution in [3.05, 3.63) is 65.2 Å². The monoisotopic (exact) mass is 366 g/mol. The maximum Gasteiger partial charge on any atom is 0.233 e. The van der Waals surface area contributed by atoms with E-state index < -0.39 is 0 Å². The van der Waals surface area contributed by atoms with E-state index in [0.29, 0.717) is 23.9 Å². The van der Waals surface area contributed by atoms with Crippen LogP contribution >= 0.6 is 11.8 Å². The van der Waals surface area contributed by atoms with Crippen molar-refractivity contribution >= 4 is 17.7 Å². The third-order valence-electron chi connectivity index (χ3n) is 4.40. The summed E-state index contributed by atoms with van der Waals surface area (Å²) in [7, 11) is 1.65. The zero-order chi connectivity index (χ0) is 18.4. The summed E-state index contributed by atoms with van der Waals surface area (Å²) in [6, 6.07) is 18.0. The van der Waals surface area contributed by atoms with Gasteiger partial charge in [-0.05, 0) is 48.2 Å². The molecule has 0 radical (unpaired) electrons. The fourth-order valence-electron chi connectivity index (χ4n) is 2.75. The van der Waals surface area contributed by atoms with Gasteiger partial charge in [-0.3, -0.25) is 4.79 Å². The first-order chi connectivity index (χ1) is 12.7. The zero-order valence-corrected chi connectivity index (χ0v) is 15.7. The second-order valence-electron chi connectivity index (χ2n) is 6.40. The highest BCUT2D eigenvalue weighted by Crippen LogP contribution is 2.29. The summed E-state index contributed by atoms with van der Waals surface area (Å²) in [5.74, 6) is 2.28. The summed E-state index contributed by atoms with van der Waals surface area (Å²) in [6.45, 7) is 0.658. The average molecular weight is 366 g/mol. The number of rotatable bonds is 8. The number of thioether (sulfide) groups is 1. The molecule has 1 saturated carbocycles. The topological polar surface area (TPSA) is 53.3 Å². The molecule has 3 rings (SSSR count). The van der Waals surface area contributed by atoms with Crippen LogP contribution in [0, 0.1) is 11.3 Å². The Kier molecular flexibility index (Phi) is 6.19. The van der Waals surface area contributed by atoms with Gasteiger partial charge in [0.25, 0.3) is 0 Å². The van der Waals surface area contributed by atoms with E-state index in [1.807, 2.05) is 53.4 Å². The second kappa shape index (κ2) is 8.77. The number of hydrogen-bond acceptors (Lipinski definition) is 4. The molecule has 0 aliphatic heterocycles. The number of amides is 1. The van der Waals surface area contributed by atoms with Gasteiger partial charge in [0, 0.05) is 18.3 Å². The van der Waals surface area contributed by atoms with E-state index in [9.17, 15) is 4.79 Å². The number of nitrogens with zero attached hydrogens (tertiary/aromatic N) is 2. The molecule has 0 N–H and O–H groups in total. The summed E-state index contributed by atoms with van der Waals surface area (Å²) in [4.78, 5) is 14.7. The van der Waals surface area contributed by atoms with Crippen LogP contribution < -0.4 is 4.74 Å². The number of benzene rings is 2. The normalized spacial score (nSPS) is 13.1. The van der Waals surface area contributed by atoms with Crippen LogP contribution in [-0.2, 0) is 17.1 Å². The summed E-state index contributed by atoms with van der Waals surface area (Å²) in [5, 5.41) is 8.83. The first-order valence-electron chi connectivity index (χ1n) is 8.69. The summed E-state index contributed by atoms with van der Waals surface area (Å²) < 4.78 is 5.19. The van der Waals surface area contributed by atoms with Crippen LogP contribution in [0.5, 0.6) is 5.75 Å². The molecule has 0 bridgehead atoms. The van der Waals surface area contributed by atoms with Gasteiger partial charge in [-0.2, -0.15) is 5.26 Å². The number of ether oxygens (including phenoxy) is 1. The van der Waals surface area contributed by atoms with Crippen LogP contribution in [0.1, 0.15) is 29.5 Å². The second-order valence-corrected chi connectivity index (χ2v) is 7.39. The number of methoxy groups -OCH3 is 1. The Morgan fingerprint density at radius 1 is 1.15 bits per heavy atom. The van der Waals surface area contributed by atoms with Crippen molar-refractivity contribution in [3.63, 3.8) is 0 Å². The van der Waals surface area contributed by atoms with Crippen LogP contribution in [0.4, 0.5) is 0 Å². The number of nitriles is 1. The van der Waals surface area contributed by atoms with Gasteiger partial charge in [-0.25, -0.2) is 0 Å². The van der Waals surface area contributed by atoms with E-state index in [4.69, 9.17) is 10.00 Å². The van der Waals surface area contributed by atoms with Crippen molar-refractivity contribution in [3.8, 4) is 11.8 Å².